The molecule has 0 bridgehead atoms. The van der Waals surface area contributed by atoms with Gasteiger partial charge in [-0.25, -0.2) is 4.39 Å². The molecule has 1 heterocycles. The first kappa shape index (κ1) is 12.6. The second kappa shape index (κ2) is 4.93. The van der Waals surface area contributed by atoms with E-state index in [-0.39, 0.29) is 17.8 Å². The van der Waals surface area contributed by atoms with Crippen molar-refractivity contribution in [1.29, 1.82) is 0 Å². The number of hydrogen-bond donors (Lipinski definition) is 1. The number of carbonyl (C=O) groups is 1. The summed E-state index contributed by atoms with van der Waals surface area (Å²) in [6, 6.07) is 5.51. The standard InChI is InChI=1S/C15H19FN2O/c1-10-8-11(2-5-14(10)16)15(19)17-12-6-7-18(9-12)13-3-4-13/h2,5,8,12-13H,3-4,6-7,9H2,1H3,(H,17,19). The molecule has 1 aromatic rings. The van der Waals surface area contributed by atoms with Gasteiger partial charge in [-0.15, -0.1) is 0 Å². The number of benzene rings is 1. The first-order chi connectivity index (χ1) is 9.13. The summed E-state index contributed by atoms with van der Waals surface area (Å²) in [5, 5.41) is 3.05. The lowest BCUT2D eigenvalue weighted by molar-refractivity contribution is 0.0937. The quantitative estimate of drug-likeness (QED) is 0.904. The molecule has 19 heavy (non-hydrogen) atoms. The number of halogens is 1. The molecule has 1 aliphatic carbocycles. The van der Waals surface area contributed by atoms with Crippen molar-refractivity contribution in [3.63, 3.8) is 0 Å². The van der Waals surface area contributed by atoms with Gasteiger partial charge in [0.05, 0.1) is 0 Å². The van der Waals surface area contributed by atoms with Gasteiger partial charge in [-0.2, -0.15) is 0 Å². The van der Waals surface area contributed by atoms with E-state index in [0.717, 1.165) is 25.6 Å². The molecule has 1 unspecified atom stereocenters. The number of rotatable bonds is 3. The highest BCUT2D eigenvalue weighted by Gasteiger charge is 2.34. The highest BCUT2D eigenvalue weighted by atomic mass is 19.1. The minimum absolute atomic E-state index is 0.0919. The maximum absolute atomic E-state index is 13.2. The lowest BCUT2D eigenvalue weighted by Gasteiger charge is -2.16. The van der Waals surface area contributed by atoms with Gasteiger partial charge in [-0.1, -0.05) is 0 Å². The molecule has 2 fully saturated rings. The van der Waals surface area contributed by atoms with Gasteiger partial charge < -0.3 is 5.32 Å². The predicted molar refractivity (Wildman–Crippen MR) is 71.6 cm³/mol. The summed E-state index contributed by atoms with van der Waals surface area (Å²) in [7, 11) is 0. The van der Waals surface area contributed by atoms with Crippen molar-refractivity contribution < 1.29 is 9.18 Å². The lowest BCUT2D eigenvalue weighted by atomic mass is 10.1. The van der Waals surface area contributed by atoms with E-state index < -0.39 is 0 Å². The van der Waals surface area contributed by atoms with E-state index >= 15 is 0 Å². The van der Waals surface area contributed by atoms with E-state index in [1.165, 1.54) is 18.9 Å². The number of likely N-dealkylation sites (tertiary alicyclic amines) is 1. The molecule has 1 saturated carbocycles. The zero-order valence-corrected chi connectivity index (χ0v) is 11.2. The van der Waals surface area contributed by atoms with E-state index in [9.17, 15) is 9.18 Å². The maximum atomic E-state index is 13.2. The highest BCUT2D eigenvalue weighted by Crippen LogP contribution is 2.29. The fourth-order valence-electron chi connectivity index (χ4n) is 2.73. The summed E-state index contributed by atoms with van der Waals surface area (Å²) in [6.45, 7) is 3.71. The van der Waals surface area contributed by atoms with Crippen LogP contribution in [0.1, 0.15) is 35.2 Å². The van der Waals surface area contributed by atoms with E-state index in [1.807, 2.05) is 0 Å². The van der Waals surface area contributed by atoms with Crippen molar-refractivity contribution in [1.82, 2.24) is 10.2 Å². The Labute approximate surface area is 112 Å². The Balaban J connectivity index is 1.60. The van der Waals surface area contributed by atoms with Gasteiger partial charge in [-0.05, 0) is 49.9 Å². The van der Waals surface area contributed by atoms with Crippen molar-refractivity contribution in [2.75, 3.05) is 13.1 Å². The third-order valence-electron chi connectivity index (χ3n) is 4.04. The van der Waals surface area contributed by atoms with Crippen molar-refractivity contribution in [2.24, 2.45) is 0 Å². The van der Waals surface area contributed by atoms with Crippen LogP contribution in [-0.4, -0.2) is 36.0 Å². The Bertz CT molecular complexity index is 499. The molecule has 1 N–H and O–H groups in total. The number of nitrogens with one attached hydrogen (secondary N) is 1. The van der Waals surface area contributed by atoms with Crippen LogP contribution in [0.4, 0.5) is 4.39 Å². The summed E-state index contributed by atoms with van der Waals surface area (Å²) in [5.74, 6) is -0.358. The van der Waals surface area contributed by atoms with E-state index in [2.05, 4.69) is 10.2 Å². The molecule has 2 aliphatic rings. The first-order valence-electron chi connectivity index (χ1n) is 6.94. The molecule has 1 aliphatic heterocycles. The second-order valence-corrected chi connectivity index (χ2v) is 5.65. The fourth-order valence-corrected chi connectivity index (χ4v) is 2.73. The van der Waals surface area contributed by atoms with Crippen molar-refractivity contribution >= 4 is 5.91 Å². The zero-order chi connectivity index (χ0) is 13.4. The van der Waals surface area contributed by atoms with E-state index in [0.29, 0.717) is 11.1 Å². The third-order valence-corrected chi connectivity index (χ3v) is 4.04. The largest absolute Gasteiger partial charge is 0.348 e. The Morgan fingerprint density at radius 1 is 1.37 bits per heavy atom. The third kappa shape index (κ3) is 2.78. The maximum Gasteiger partial charge on any atom is 0.251 e. The van der Waals surface area contributed by atoms with Gasteiger partial charge in [0.25, 0.3) is 5.91 Å². The van der Waals surface area contributed by atoms with Crippen LogP contribution >= 0.6 is 0 Å². The normalized spacial score (nSPS) is 23.6. The molecular formula is C15H19FN2O. The molecule has 3 rings (SSSR count). The van der Waals surface area contributed by atoms with Crippen LogP contribution < -0.4 is 5.32 Å². The minimum Gasteiger partial charge on any atom is -0.348 e. The topological polar surface area (TPSA) is 32.3 Å². The highest BCUT2D eigenvalue weighted by molar-refractivity contribution is 5.94. The van der Waals surface area contributed by atoms with Crippen molar-refractivity contribution in [3.05, 3.63) is 35.1 Å². The van der Waals surface area contributed by atoms with E-state index in [1.54, 1.807) is 19.1 Å². The second-order valence-electron chi connectivity index (χ2n) is 5.65. The number of aryl methyl sites for hydroxylation is 1. The number of hydrogen-bond acceptors (Lipinski definition) is 2. The Hall–Kier alpha value is -1.42. The molecule has 1 amide bonds. The van der Waals surface area contributed by atoms with Crippen molar-refractivity contribution in [3.8, 4) is 0 Å². The van der Waals surface area contributed by atoms with E-state index in [4.69, 9.17) is 0 Å². The van der Waals surface area contributed by atoms with Gasteiger partial charge in [0.1, 0.15) is 5.82 Å². The van der Waals surface area contributed by atoms with Gasteiger partial charge in [0.15, 0.2) is 0 Å². The monoisotopic (exact) mass is 262 g/mol. The summed E-state index contributed by atoms with van der Waals surface area (Å²) in [6.07, 6.45) is 3.62. The van der Waals surface area contributed by atoms with Crippen LogP contribution in [0.3, 0.4) is 0 Å². The average Bonchev–Trinajstić information content (AvgIpc) is 3.14. The van der Waals surface area contributed by atoms with Crippen molar-refractivity contribution in [2.45, 2.75) is 38.3 Å². The summed E-state index contributed by atoms with van der Waals surface area (Å²) < 4.78 is 13.2. The molecule has 1 saturated heterocycles. The minimum atomic E-state index is -0.266. The fraction of sp³-hybridized carbons (Fsp3) is 0.533. The smallest absolute Gasteiger partial charge is 0.251 e. The molecule has 0 spiro atoms. The molecule has 0 radical (unpaired) electrons. The van der Waals surface area contributed by atoms with Crippen LogP contribution in [0.2, 0.25) is 0 Å². The van der Waals surface area contributed by atoms with Gasteiger partial charge in [0, 0.05) is 30.7 Å². The Kier molecular flexibility index (Phi) is 3.27. The van der Waals surface area contributed by atoms with Gasteiger partial charge in [-0.3, -0.25) is 9.69 Å². The number of carbonyl (C=O) groups excluding carboxylic acids is 1. The van der Waals surface area contributed by atoms with Crippen LogP contribution in [0, 0.1) is 12.7 Å². The number of nitrogens with zero attached hydrogens (tertiary/aromatic N) is 1. The lowest BCUT2D eigenvalue weighted by Crippen LogP contribution is -2.37. The van der Waals surface area contributed by atoms with Crippen LogP contribution in [0.15, 0.2) is 18.2 Å². The molecule has 4 heteroatoms. The summed E-state index contributed by atoms with van der Waals surface area (Å²) in [4.78, 5) is 14.6. The summed E-state index contributed by atoms with van der Waals surface area (Å²) >= 11 is 0. The number of amides is 1. The molecule has 102 valence electrons. The molecule has 3 nitrogen and oxygen atoms in total. The van der Waals surface area contributed by atoms with Crippen LogP contribution in [0.5, 0.6) is 0 Å². The van der Waals surface area contributed by atoms with Crippen LogP contribution in [-0.2, 0) is 0 Å². The summed E-state index contributed by atoms with van der Waals surface area (Å²) in [5.41, 5.74) is 1.06. The van der Waals surface area contributed by atoms with Gasteiger partial charge in [0.2, 0.25) is 0 Å². The average molecular weight is 262 g/mol. The predicted octanol–water partition coefficient (Wildman–Crippen LogP) is 2.10. The molecule has 1 atom stereocenters. The zero-order valence-electron chi connectivity index (χ0n) is 11.2. The van der Waals surface area contributed by atoms with Crippen LogP contribution in [0.25, 0.3) is 0 Å². The molecular weight excluding hydrogens is 243 g/mol. The van der Waals surface area contributed by atoms with Gasteiger partial charge >= 0.3 is 0 Å². The molecule has 1 aromatic carbocycles. The first-order valence-corrected chi connectivity index (χ1v) is 6.94. The molecule has 0 aromatic heterocycles. The Morgan fingerprint density at radius 2 is 2.16 bits per heavy atom. The SMILES string of the molecule is Cc1cc(C(=O)NC2CCN(C3CC3)C2)ccc1F. The Morgan fingerprint density at radius 3 is 2.84 bits per heavy atom.